The van der Waals surface area contributed by atoms with Crippen molar-refractivity contribution in [1.82, 2.24) is 4.90 Å². The summed E-state index contributed by atoms with van der Waals surface area (Å²) in [5.74, 6) is -0.601. The van der Waals surface area contributed by atoms with Gasteiger partial charge in [0.1, 0.15) is 12.4 Å². The van der Waals surface area contributed by atoms with Gasteiger partial charge in [-0.1, -0.05) is 12.8 Å². The molecule has 1 fully saturated rings. The molecule has 100 valence electrons. The zero-order valence-electron chi connectivity index (χ0n) is 10.4. The van der Waals surface area contributed by atoms with Crippen molar-refractivity contribution in [1.29, 1.82) is 5.26 Å². The van der Waals surface area contributed by atoms with Crippen LogP contribution in [0.5, 0.6) is 0 Å². The summed E-state index contributed by atoms with van der Waals surface area (Å²) >= 11 is 3.21. The smallest absolute Gasteiger partial charge is 0.256 e. The molecule has 5 heteroatoms. The quantitative estimate of drug-likeness (QED) is 0.799. The molecule has 19 heavy (non-hydrogen) atoms. The minimum Gasteiger partial charge on any atom is -0.322 e. The fourth-order valence-electron chi connectivity index (χ4n) is 2.48. The minimum absolute atomic E-state index is 0.0767. The van der Waals surface area contributed by atoms with Crippen LogP contribution in [0.15, 0.2) is 22.7 Å². The van der Waals surface area contributed by atoms with Crippen molar-refractivity contribution in [2.75, 3.05) is 6.54 Å². The van der Waals surface area contributed by atoms with E-state index < -0.39 is 5.82 Å². The van der Waals surface area contributed by atoms with Crippen LogP contribution in [0.3, 0.4) is 0 Å². The molecule has 1 aliphatic rings. The minimum atomic E-state index is -0.392. The largest absolute Gasteiger partial charge is 0.322 e. The maximum absolute atomic E-state index is 13.1. The molecule has 1 saturated carbocycles. The van der Waals surface area contributed by atoms with E-state index in [-0.39, 0.29) is 18.5 Å². The predicted molar refractivity (Wildman–Crippen MR) is 73.0 cm³/mol. The van der Waals surface area contributed by atoms with Crippen LogP contribution in [0.1, 0.15) is 36.0 Å². The van der Waals surface area contributed by atoms with E-state index >= 15 is 0 Å². The van der Waals surface area contributed by atoms with Crippen molar-refractivity contribution in [2.45, 2.75) is 31.7 Å². The molecule has 0 atom stereocenters. The lowest BCUT2D eigenvalue weighted by Gasteiger charge is -2.26. The number of hydrogen-bond acceptors (Lipinski definition) is 2. The molecule has 0 aromatic heterocycles. The Morgan fingerprint density at radius 1 is 1.47 bits per heavy atom. The number of halogens is 2. The Morgan fingerprint density at radius 3 is 2.74 bits per heavy atom. The van der Waals surface area contributed by atoms with E-state index in [1.807, 2.05) is 6.07 Å². The standard InChI is InChI=1S/C14H14BrFN2O/c15-13-9-10(16)5-6-12(13)14(19)18(8-7-17)11-3-1-2-4-11/h5-6,9,11H,1-4,8H2. The lowest BCUT2D eigenvalue weighted by Crippen LogP contribution is -2.39. The molecule has 0 saturated heterocycles. The first-order valence-corrected chi connectivity index (χ1v) is 7.05. The molecule has 0 unspecified atom stereocenters. The van der Waals surface area contributed by atoms with E-state index in [1.165, 1.54) is 18.2 Å². The molecule has 0 N–H and O–H groups in total. The Morgan fingerprint density at radius 2 is 2.16 bits per heavy atom. The van der Waals surface area contributed by atoms with Gasteiger partial charge in [-0.25, -0.2) is 4.39 Å². The van der Waals surface area contributed by atoms with Gasteiger partial charge in [0.05, 0.1) is 11.6 Å². The van der Waals surface area contributed by atoms with Gasteiger partial charge in [-0.2, -0.15) is 5.26 Å². The summed E-state index contributed by atoms with van der Waals surface area (Å²) < 4.78 is 13.5. The molecule has 0 spiro atoms. The van der Waals surface area contributed by atoms with Crippen LogP contribution < -0.4 is 0 Å². The fourth-order valence-corrected chi connectivity index (χ4v) is 3.00. The predicted octanol–water partition coefficient (Wildman–Crippen LogP) is 3.50. The maximum Gasteiger partial charge on any atom is 0.256 e. The molecular formula is C14H14BrFN2O. The molecule has 0 bridgehead atoms. The van der Waals surface area contributed by atoms with Gasteiger partial charge < -0.3 is 4.90 Å². The second-order valence-electron chi connectivity index (χ2n) is 4.65. The van der Waals surface area contributed by atoms with Crippen molar-refractivity contribution >= 4 is 21.8 Å². The summed E-state index contributed by atoms with van der Waals surface area (Å²) in [6.45, 7) is 0.0767. The molecule has 1 aliphatic carbocycles. The highest BCUT2D eigenvalue weighted by atomic mass is 79.9. The zero-order chi connectivity index (χ0) is 13.8. The summed E-state index contributed by atoms with van der Waals surface area (Å²) in [5.41, 5.74) is 0.406. The molecule has 1 aromatic rings. The molecule has 1 aromatic carbocycles. The monoisotopic (exact) mass is 324 g/mol. The Kier molecular flexibility index (Phi) is 4.54. The summed E-state index contributed by atoms with van der Waals surface area (Å²) in [5, 5.41) is 8.89. The average Bonchev–Trinajstić information content (AvgIpc) is 2.89. The highest BCUT2D eigenvalue weighted by Crippen LogP contribution is 2.27. The lowest BCUT2D eigenvalue weighted by atomic mass is 10.1. The normalized spacial score (nSPS) is 15.2. The van der Waals surface area contributed by atoms with E-state index in [9.17, 15) is 9.18 Å². The molecule has 0 heterocycles. The van der Waals surface area contributed by atoms with Crippen LogP contribution in [-0.2, 0) is 0 Å². The van der Waals surface area contributed by atoms with Gasteiger partial charge in [0.2, 0.25) is 0 Å². The van der Waals surface area contributed by atoms with Gasteiger partial charge in [0, 0.05) is 10.5 Å². The maximum atomic E-state index is 13.1. The third-order valence-corrected chi connectivity index (χ3v) is 4.09. The number of carbonyl (C=O) groups excluding carboxylic acids is 1. The Labute approximate surface area is 120 Å². The summed E-state index contributed by atoms with van der Waals surface area (Å²) in [6.07, 6.45) is 4.05. The highest BCUT2D eigenvalue weighted by molar-refractivity contribution is 9.10. The molecule has 0 radical (unpaired) electrons. The van der Waals surface area contributed by atoms with Gasteiger partial charge in [-0.3, -0.25) is 4.79 Å². The molecule has 3 nitrogen and oxygen atoms in total. The highest BCUT2D eigenvalue weighted by Gasteiger charge is 2.28. The number of hydrogen-bond donors (Lipinski definition) is 0. The summed E-state index contributed by atoms with van der Waals surface area (Å²) in [7, 11) is 0. The van der Waals surface area contributed by atoms with Crippen molar-refractivity contribution in [3.63, 3.8) is 0 Å². The SMILES string of the molecule is N#CCN(C(=O)c1ccc(F)cc1Br)C1CCCC1. The number of carbonyl (C=O) groups is 1. The average molecular weight is 325 g/mol. The van der Waals surface area contributed by atoms with Crippen molar-refractivity contribution in [3.8, 4) is 6.07 Å². The Balaban J connectivity index is 2.25. The van der Waals surface area contributed by atoms with E-state index in [2.05, 4.69) is 15.9 Å². The zero-order valence-corrected chi connectivity index (χ0v) is 12.0. The molecule has 2 rings (SSSR count). The third-order valence-electron chi connectivity index (χ3n) is 3.43. The second-order valence-corrected chi connectivity index (χ2v) is 5.51. The van der Waals surface area contributed by atoms with Crippen LogP contribution in [0.4, 0.5) is 4.39 Å². The number of nitrogens with zero attached hydrogens (tertiary/aromatic N) is 2. The van der Waals surface area contributed by atoms with E-state index in [1.54, 1.807) is 4.90 Å². The van der Waals surface area contributed by atoms with E-state index in [0.717, 1.165) is 25.7 Å². The lowest BCUT2D eigenvalue weighted by molar-refractivity contribution is 0.0708. The van der Waals surface area contributed by atoms with Crippen molar-refractivity contribution in [3.05, 3.63) is 34.1 Å². The number of amides is 1. The first-order valence-electron chi connectivity index (χ1n) is 6.26. The topological polar surface area (TPSA) is 44.1 Å². The Hall–Kier alpha value is -1.41. The van der Waals surface area contributed by atoms with Gasteiger partial charge in [-0.15, -0.1) is 0 Å². The van der Waals surface area contributed by atoms with Crippen LogP contribution in [0, 0.1) is 17.1 Å². The molecule has 0 aliphatic heterocycles. The van der Waals surface area contributed by atoms with E-state index in [4.69, 9.17) is 5.26 Å². The van der Waals surface area contributed by atoms with Crippen LogP contribution in [0.25, 0.3) is 0 Å². The van der Waals surface area contributed by atoms with Gasteiger partial charge >= 0.3 is 0 Å². The third kappa shape index (κ3) is 3.13. The number of rotatable bonds is 3. The van der Waals surface area contributed by atoms with Crippen LogP contribution in [-0.4, -0.2) is 23.4 Å². The summed E-state index contributed by atoms with van der Waals surface area (Å²) in [4.78, 5) is 14.1. The van der Waals surface area contributed by atoms with Crippen molar-refractivity contribution in [2.24, 2.45) is 0 Å². The van der Waals surface area contributed by atoms with Crippen LogP contribution >= 0.6 is 15.9 Å². The number of nitriles is 1. The van der Waals surface area contributed by atoms with Crippen LogP contribution in [0.2, 0.25) is 0 Å². The van der Waals surface area contributed by atoms with Gasteiger partial charge in [-0.05, 0) is 47.0 Å². The fraction of sp³-hybridized carbons (Fsp3) is 0.429. The second kappa shape index (κ2) is 6.16. The first kappa shape index (κ1) is 14.0. The first-order chi connectivity index (χ1) is 9.13. The summed E-state index contributed by atoms with van der Waals surface area (Å²) in [6, 6.07) is 6.16. The van der Waals surface area contributed by atoms with Gasteiger partial charge in [0.15, 0.2) is 0 Å². The molecular weight excluding hydrogens is 311 g/mol. The van der Waals surface area contributed by atoms with E-state index in [0.29, 0.717) is 10.0 Å². The van der Waals surface area contributed by atoms with Gasteiger partial charge in [0.25, 0.3) is 5.91 Å². The Bertz CT molecular complexity index is 521. The van der Waals surface area contributed by atoms with Crippen molar-refractivity contribution < 1.29 is 9.18 Å². The number of benzene rings is 1. The molecule has 1 amide bonds.